The molecule has 6 heteroatoms. The van der Waals surface area contributed by atoms with Crippen molar-refractivity contribution < 1.29 is 17.9 Å². The third-order valence-corrected chi connectivity index (χ3v) is 6.49. The Balaban J connectivity index is 1.90. The van der Waals surface area contributed by atoms with Crippen LogP contribution >= 0.6 is 0 Å². The summed E-state index contributed by atoms with van der Waals surface area (Å²) in [5.74, 6) is -0.200. The summed E-state index contributed by atoms with van der Waals surface area (Å²) in [6.45, 7) is 7.53. The van der Waals surface area contributed by atoms with Gasteiger partial charge in [-0.2, -0.15) is 0 Å². The number of ether oxygens (including phenoxy) is 2. The summed E-state index contributed by atoms with van der Waals surface area (Å²) in [5, 5.41) is 0. The molecule has 2 rings (SSSR count). The van der Waals surface area contributed by atoms with Crippen molar-refractivity contribution in [1.29, 1.82) is 0 Å². The van der Waals surface area contributed by atoms with Crippen molar-refractivity contribution in [2.45, 2.75) is 64.7 Å². The number of nitrogens with zero attached hydrogens (tertiary/aromatic N) is 1. The van der Waals surface area contributed by atoms with Crippen molar-refractivity contribution in [3.63, 3.8) is 0 Å². The maximum atomic E-state index is 12.5. The van der Waals surface area contributed by atoms with Gasteiger partial charge in [-0.05, 0) is 24.7 Å². The molecule has 0 atom stereocenters. The maximum absolute atomic E-state index is 12.5. The van der Waals surface area contributed by atoms with Gasteiger partial charge < -0.3 is 9.47 Å². The summed E-state index contributed by atoms with van der Waals surface area (Å²) in [6, 6.07) is 0.0772. The molecule has 5 nitrogen and oxygen atoms in total. The molecule has 124 valence electrons. The first-order valence-electron chi connectivity index (χ1n) is 7.87. The van der Waals surface area contributed by atoms with E-state index in [0.29, 0.717) is 19.6 Å². The minimum Gasteiger partial charge on any atom is -0.348 e. The van der Waals surface area contributed by atoms with Gasteiger partial charge in [-0.15, -0.1) is 0 Å². The summed E-state index contributed by atoms with van der Waals surface area (Å²) < 4.78 is 37.9. The predicted octanol–water partition coefficient (Wildman–Crippen LogP) is 2.37. The molecule has 0 N–H and O–H groups in total. The van der Waals surface area contributed by atoms with Crippen LogP contribution in [0.1, 0.15) is 52.9 Å². The quantitative estimate of drug-likeness (QED) is 0.798. The van der Waals surface area contributed by atoms with E-state index in [9.17, 15) is 8.42 Å². The Morgan fingerprint density at radius 2 is 1.67 bits per heavy atom. The van der Waals surface area contributed by atoms with Crippen LogP contribution in [-0.2, 0) is 19.5 Å². The van der Waals surface area contributed by atoms with Crippen LogP contribution in [0.15, 0.2) is 0 Å². The minimum absolute atomic E-state index is 0.0378. The van der Waals surface area contributed by atoms with Crippen LogP contribution in [0.25, 0.3) is 0 Å². The average Bonchev–Trinajstić information content (AvgIpc) is 2.84. The third-order valence-electron chi connectivity index (χ3n) is 4.59. The standard InChI is InChI=1S/C15H29NO4S/c1-14(2,3)9-12-21(17,18)16(4)13-5-7-15(8-6-13)19-10-11-20-15/h13H,5-12H2,1-4H3. The molecule has 0 aromatic rings. The number of rotatable bonds is 4. The Bertz CT molecular complexity index is 439. The number of hydrogen-bond donors (Lipinski definition) is 0. The van der Waals surface area contributed by atoms with E-state index in [2.05, 4.69) is 20.8 Å². The van der Waals surface area contributed by atoms with Gasteiger partial charge in [0, 0.05) is 25.9 Å². The highest BCUT2D eigenvalue weighted by Gasteiger charge is 2.42. The van der Waals surface area contributed by atoms with Gasteiger partial charge in [0.05, 0.1) is 19.0 Å². The van der Waals surface area contributed by atoms with Crippen LogP contribution in [0.5, 0.6) is 0 Å². The van der Waals surface area contributed by atoms with Crippen molar-refractivity contribution in [1.82, 2.24) is 4.31 Å². The smallest absolute Gasteiger partial charge is 0.214 e. The third kappa shape index (κ3) is 4.41. The van der Waals surface area contributed by atoms with E-state index in [1.807, 2.05) is 0 Å². The monoisotopic (exact) mass is 319 g/mol. The van der Waals surface area contributed by atoms with Gasteiger partial charge in [-0.3, -0.25) is 0 Å². The van der Waals surface area contributed by atoms with Crippen molar-refractivity contribution in [2.24, 2.45) is 5.41 Å². The lowest BCUT2D eigenvalue weighted by Crippen LogP contribution is -2.45. The van der Waals surface area contributed by atoms with Gasteiger partial charge in [-0.1, -0.05) is 20.8 Å². The molecule has 0 radical (unpaired) electrons. The molecule has 0 aromatic heterocycles. The lowest BCUT2D eigenvalue weighted by Gasteiger charge is -2.38. The fourth-order valence-electron chi connectivity index (χ4n) is 3.00. The Morgan fingerprint density at radius 3 is 2.14 bits per heavy atom. The molecule has 1 aliphatic heterocycles. The first-order chi connectivity index (χ1) is 9.64. The lowest BCUT2D eigenvalue weighted by atomic mass is 9.90. The van der Waals surface area contributed by atoms with E-state index < -0.39 is 15.8 Å². The van der Waals surface area contributed by atoms with Crippen LogP contribution in [0, 0.1) is 5.41 Å². The van der Waals surface area contributed by atoms with Gasteiger partial charge in [-0.25, -0.2) is 12.7 Å². The highest BCUT2D eigenvalue weighted by molar-refractivity contribution is 7.89. The molecule has 1 saturated heterocycles. The lowest BCUT2D eigenvalue weighted by molar-refractivity contribution is -0.181. The molecule has 0 amide bonds. The molecular formula is C15H29NO4S. The second kappa shape index (κ2) is 6.14. The number of sulfonamides is 1. The zero-order valence-corrected chi connectivity index (χ0v) is 14.5. The Kier molecular flexibility index (Phi) is 5.03. The summed E-state index contributed by atoms with van der Waals surface area (Å²) in [6.07, 6.45) is 3.88. The van der Waals surface area contributed by atoms with Crippen LogP contribution in [0.4, 0.5) is 0 Å². The highest BCUT2D eigenvalue weighted by atomic mass is 32.2. The molecule has 0 unspecified atom stereocenters. The molecule has 0 bridgehead atoms. The summed E-state index contributed by atoms with van der Waals surface area (Å²) in [7, 11) is -1.46. The maximum Gasteiger partial charge on any atom is 0.214 e. The highest BCUT2D eigenvalue weighted by Crippen LogP contribution is 2.37. The molecule has 1 spiro atoms. The SMILES string of the molecule is CN(C1CCC2(CC1)OCCO2)S(=O)(=O)CCC(C)(C)C. The van der Waals surface area contributed by atoms with Crippen molar-refractivity contribution in [2.75, 3.05) is 26.0 Å². The molecule has 2 fully saturated rings. The second-order valence-corrected chi connectivity index (χ2v) is 9.63. The van der Waals surface area contributed by atoms with E-state index in [-0.39, 0.29) is 17.2 Å². The van der Waals surface area contributed by atoms with Gasteiger partial charge in [0.1, 0.15) is 0 Å². The average molecular weight is 319 g/mol. The Hall–Kier alpha value is -0.170. The van der Waals surface area contributed by atoms with Crippen LogP contribution in [0.2, 0.25) is 0 Å². The van der Waals surface area contributed by atoms with E-state index >= 15 is 0 Å². The summed E-state index contributed by atoms with van der Waals surface area (Å²) in [5.41, 5.74) is 0.0378. The van der Waals surface area contributed by atoms with Gasteiger partial charge in [0.2, 0.25) is 10.0 Å². The second-order valence-electron chi connectivity index (χ2n) is 7.48. The van der Waals surface area contributed by atoms with E-state index in [4.69, 9.17) is 9.47 Å². The van der Waals surface area contributed by atoms with Gasteiger partial charge in [0.25, 0.3) is 0 Å². The molecule has 2 aliphatic rings. The summed E-state index contributed by atoms with van der Waals surface area (Å²) >= 11 is 0. The normalized spacial score (nSPS) is 24.0. The van der Waals surface area contributed by atoms with E-state index in [1.165, 1.54) is 0 Å². The fraction of sp³-hybridized carbons (Fsp3) is 1.00. The van der Waals surface area contributed by atoms with Crippen molar-refractivity contribution in [3.8, 4) is 0 Å². The predicted molar refractivity (Wildman–Crippen MR) is 82.5 cm³/mol. The number of hydrogen-bond acceptors (Lipinski definition) is 4. The van der Waals surface area contributed by atoms with Crippen LogP contribution in [0.3, 0.4) is 0 Å². The zero-order chi connectivity index (χ0) is 15.7. The fourth-order valence-corrected chi connectivity index (χ4v) is 4.82. The zero-order valence-electron chi connectivity index (χ0n) is 13.7. The molecule has 21 heavy (non-hydrogen) atoms. The van der Waals surface area contributed by atoms with E-state index in [0.717, 1.165) is 25.7 Å². The van der Waals surface area contributed by atoms with Crippen LogP contribution in [-0.4, -0.2) is 50.6 Å². The van der Waals surface area contributed by atoms with Crippen molar-refractivity contribution >= 4 is 10.0 Å². The summed E-state index contributed by atoms with van der Waals surface area (Å²) in [4.78, 5) is 0. The molecule has 0 aromatic carbocycles. The first-order valence-corrected chi connectivity index (χ1v) is 9.48. The topological polar surface area (TPSA) is 55.8 Å². The van der Waals surface area contributed by atoms with Gasteiger partial charge >= 0.3 is 0 Å². The molecular weight excluding hydrogens is 290 g/mol. The Morgan fingerprint density at radius 1 is 1.14 bits per heavy atom. The molecule has 1 saturated carbocycles. The van der Waals surface area contributed by atoms with Crippen molar-refractivity contribution in [3.05, 3.63) is 0 Å². The minimum atomic E-state index is -3.18. The largest absolute Gasteiger partial charge is 0.348 e. The molecule has 1 heterocycles. The van der Waals surface area contributed by atoms with Crippen LogP contribution < -0.4 is 0 Å². The Labute approximate surface area is 129 Å². The van der Waals surface area contributed by atoms with E-state index in [1.54, 1.807) is 11.4 Å². The van der Waals surface area contributed by atoms with Gasteiger partial charge in [0.15, 0.2) is 5.79 Å². The first kappa shape index (κ1) is 17.2. The molecule has 1 aliphatic carbocycles.